The average Bonchev–Trinajstić information content (AvgIpc) is 3.45. The van der Waals surface area contributed by atoms with Crippen molar-refractivity contribution < 1.29 is 58.2 Å². The van der Waals surface area contributed by atoms with E-state index in [2.05, 4.69) is 0 Å². The van der Waals surface area contributed by atoms with Crippen molar-refractivity contribution >= 4 is 17.7 Å². The van der Waals surface area contributed by atoms with Crippen molar-refractivity contribution in [1.82, 2.24) is 0 Å². The summed E-state index contributed by atoms with van der Waals surface area (Å²) in [7, 11) is 1.19. The van der Waals surface area contributed by atoms with Crippen LogP contribution in [0.1, 0.15) is 38.4 Å². The summed E-state index contributed by atoms with van der Waals surface area (Å²) in [5, 5.41) is 40.7. The van der Waals surface area contributed by atoms with E-state index in [-0.39, 0.29) is 23.4 Å². The molecule has 0 spiro atoms. The molecule has 4 N–H and O–H groups in total. The van der Waals surface area contributed by atoms with Gasteiger partial charge in [0, 0.05) is 34.0 Å². The van der Waals surface area contributed by atoms with Gasteiger partial charge in [0.15, 0.2) is 12.1 Å². The van der Waals surface area contributed by atoms with E-state index in [9.17, 15) is 34.8 Å². The number of cyclic esters (lactones) is 1. The number of aliphatic hydroxyl groups is 4. The number of rotatable bonds is 5. The third kappa shape index (κ3) is 4.26. The molecule has 5 rings (SSSR count). The maximum Gasteiger partial charge on any atom is 0.334 e. The Hall–Kier alpha value is -2.87. The lowest BCUT2D eigenvalue weighted by Gasteiger charge is -2.58. The van der Waals surface area contributed by atoms with Crippen molar-refractivity contribution in [3.63, 3.8) is 0 Å². The fourth-order valence-corrected chi connectivity index (χ4v) is 6.63. The highest BCUT2D eigenvalue weighted by molar-refractivity contribution is 6.03. The number of fused-ring (bicyclic) bond motifs is 3. The monoisotopic (exact) mass is 548 g/mol. The minimum absolute atomic E-state index is 0.0231. The summed E-state index contributed by atoms with van der Waals surface area (Å²) in [6, 6.07) is 1.69. The Morgan fingerprint density at radius 2 is 1.90 bits per heavy atom. The molecule has 4 aliphatic rings. The van der Waals surface area contributed by atoms with Crippen LogP contribution in [0.3, 0.4) is 0 Å². The minimum atomic E-state index is -1.73. The number of aliphatic hydroxyl groups excluding tert-OH is 4. The third-order valence-corrected chi connectivity index (χ3v) is 8.84. The molecule has 212 valence electrons. The zero-order valence-corrected chi connectivity index (χ0v) is 21.7. The third-order valence-electron chi connectivity index (χ3n) is 8.84. The number of hydrogen-bond donors (Lipinski definition) is 4. The molecule has 2 aliphatic carbocycles. The van der Waals surface area contributed by atoms with Crippen LogP contribution in [0, 0.1) is 16.7 Å². The Labute approximate surface area is 223 Å². The van der Waals surface area contributed by atoms with Crippen molar-refractivity contribution in [2.45, 2.75) is 69.6 Å². The molecule has 0 saturated carbocycles. The van der Waals surface area contributed by atoms with E-state index in [1.165, 1.54) is 31.8 Å². The lowest BCUT2D eigenvalue weighted by Crippen LogP contribution is -2.63. The van der Waals surface area contributed by atoms with E-state index in [0.29, 0.717) is 12.0 Å². The van der Waals surface area contributed by atoms with Crippen molar-refractivity contribution in [2.75, 3.05) is 13.7 Å². The standard InChI is InChI=1S/C27H32O12/c1-26-9-16(12-4-5-36-11-12)37-24(34)14(26)8-19(39-25-22(32)21(31)20(30)17(10-28)38-25)27(2)15(23(33)35-3)6-13(29)7-18(26)27/h4-6,8,11,16-22,25,28,30-32H,7,9-10H2,1-3H3/t16-,17+,18-,19-,20+,21-,22+,25-,26+,27-/m0/s1. The molecule has 2 saturated heterocycles. The number of hydrogen-bond acceptors (Lipinski definition) is 12. The van der Waals surface area contributed by atoms with Gasteiger partial charge in [-0.3, -0.25) is 4.79 Å². The van der Waals surface area contributed by atoms with E-state index in [1.54, 1.807) is 13.0 Å². The van der Waals surface area contributed by atoms with Crippen molar-refractivity contribution in [1.29, 1.82) is 0 Å². The molecule has 0 radical (unpaired) electrons. The largest absolute Gasteiger partial charge is 0.472 e. The molecule has 1 aromatic rings. The van der Waals surface area contributed by atoms with E-state index in [4.69, 9.17) is 23.4 Å². The summed E-state index contributed by atoms with van der Waals surface area (Å²) < 4.78 is 27.6. The Balaban J connectivity index is 1.62. The molecule has 39 heavy (non-hydrogen) atoms. The smallest absolute Gasteiger partial charge is 0.334 e. The lowest BCUT2D eigenvalue weighted by molar-refractivity contribution is -0.316. The Kier molecular flexibility index (Phi) is 7.06. The van der Waals surface area contributed by atoms with Crippen molar-refractivity contribution in [3.8, 4) is 0 Å². The van der Waals surface area contributed by atoms with Gasteiger partial charge in [-0.2, -0.15) is 0 Å². The quantitative estimate of drug-likeness (QED) is 0.365. The second-order valence-electron chi connectivity index (χ2n) is 11.0. The van der Waals surface area contributed by atoms with E-state index < -0.39 is 78.2 Å². The second-order valence-corrected chi connectivity index (χ2v) is 11.0. The van der Waals surface area contributed by atoms with Crippen LogP contribution in [0.15, 0.2) is 46.3 Å². The van der Waals surface area contributed by atoms with Gasteiger partial charge in [0.25, 0.3) is 0 Å². The van der Waals surface area contributed by atoms with Crippen LogP contribution in [-0.2, 0) is 33.3 Å². The van der Waals surface area contributed by atoms with Crippen LogP contribution in [-0.4, -0.2) is 88.7 Å². The molecule has 10 atom stereocenters. The first-order chi connectivity index (χ1) is 18.4. The molecule has 0 bridgehead atoms. The second kappa shape index (κ2) is 9.95. The van der Waals surface area contributed by atoms with Crippen LogP contribution in [0.5, 0.6) is 0 Å². The van der Waals surface area contributed by atoms with Crippen molar-refractivity contribution in [2.24, 2.45) is 16.7 Å². The molecule has 1 aromatic heterocycles. The summed E-state index contributed by atoms with van der Waals surface area (Å²) in [5.41, 5.74) is -1.31. The van der Waals surface area contributed by atoms with Crippen LogP contribution < -0.4 is 0 Å². The van der Waals surface area contributed by atoms with Crippen molar-refractivity contribution in [3.05, 3.63) is 47.5 Å². The summed E-state index contributed by atoms with van der Waals surface area (Å²) in [6.07, 6.45) is -3.71. The van der Waals surface area contributed by atoms with Crippen LogP contribution >= 0.6 is 0 Å². The minimum Gasteiger partial charge on any atom is -0.472 e. The highest BCUT2D eigenvalue weighted by Gasteiger charge is 2.64. The summed E-state index contributed by atoms with van der Waals surface area (Å²) in [5.74, 6) is -2.39. The number of ether oxygens (including phenoxy) is 4. The van der Waals surface area contributed by atoms with Gasteiger partial charge in [0.2, 0.25) is 0 Å². The van der Waals surface area contributed by atoms with Gasteiger partial charge in [-0.1, -0.05) is 13.8 Å². The molecular formula is C27H32O12. The summed E-state index contributed by atoms with van der Waals surface area (Å²) in [4.78, 5) is 39.4. The van der Waals surface area contributed by atoms with Gasteiger partial charge in [0.1, 0.15) is 30.5 Å². The van der Waals surface area contributed by atoms with E-state index >= 15 is 0 Å². The van der Waals surface area contributed by atoms with E-state index in [1.807, 2.05) is 6.92 Å². The molecule has 12 heteroatoms. The maximum absolute atomic E-state index is 13.4. The summed E-state index contributed by atoms with van der Waals surface area (Å²) in [6.45, 7) is 2.89. The maximum atomic E-state index is 13.4. The highest BCUT2D eigenvalue weighted by Crippen LogP contribution is 2.63. The molecule has 2 aliphatic heterocycles. The number of carbonyl (C=O) groups is 3. The lowest BCUT2D eigenvalue weighted by atomic mass is 9.48. The predicted molar refractivity (Wildman–Crippen MR) is 128 cm³/mol. The number of methoxy groups -OCH3 is 1. The Bertz CT molecular complexity index is 1200. The SMILES string of the molecule is COC(=O)C1=CC(=O)C[C@@H]2[C@@]1(C)[C@@H](O[C@@H]1O[C@H](CO)[C@@H](O)[C@H](O)[C@H]1O)C=C1C(=O)O[C@H](c3ccoc3)C[C@]12C. The van der Waals surface area contributed by atoms with Gasteiger partial charge in [-0.25, -0.2) is 9.59 Å². The first-order valence-electron chi connectivity index (χ1n) is 12.7. The average molecular weight is 549 g/mol. The fraction of sp³-hybridized carbons (Fsp3) is 0.593. The molecule has 0 unspecified atom stereocenters. The normalized spacial score (nSPS) is 42.0. The topological polar surface area (TPSA) is 182 Å². The van der Waals surface area contributed by atoms with Gasteiger partial charge < -0.3 is 43.8 Å². The number of furan rings is 1. The number of ketones is 1. The zero-order valence-electron chi connectivity index (χ0n) is 21.7. The van der Waals surface area contributed by atoms with Gasteiger partial charge >= 0.3 is 11.9 Å². The number of esters is 2. The van der Waals surface area contributed by atoms with Gasteiger partial charge in [-0.15, -0.1) is 0 Å². The Morgan fingerprint density at radius 3 is 2.54 bits per heavy atom. The first kappa shape index (κ1) is 27.7. The molecule has 12 nitrogen and oxygen atoms in total. The zero-order chi connectivity index (χ0) is 28.3. The fourth-order valence-electron chi connectivity index (χ4n) is 6.63. The van der Waals surface area contributed by atoms with Crippen LogP contribution in [0.4, 0.5) is 0 Å². The Morgan fingerprint density at radius 1 is 1.15 bits per heavy atom. The predicted octanol–water partition coefficient (Wildman–Crippen LogP) is 0.0937. The number of carbonyl (C=O) groups excluding carboxylic acids is 3. The molecule has 2 fully saturated rings. The molecule has 0 aromatic carbocycles. The first-order valence-corrected chi connectivity index (χ1v) is 12.7. The molecular weight excluding hydrogens is 516 g/mol. The van der Waals surface area contributed by atoms with E-state index in [0.717, 1.165) is 0 Å². The van der Waals surface area contributed by atoms with Crippen LogP contribution in [0.25, 0.3) is 0 Å². The van der Waals surface area contributed by atoms with Gasteiger partial charge in [0.05, 0.1) is 32.3 Å². The molecule has 3 heterocycles. The highest BCUT2D eigenvalue weighted by atomic mass is 16.7. The number of allylic oxidation sites excluding steroid dienone is 1. The summed E-state index contributed by atoms with van der Waals surface area (Å²) >= 11 is 0. The van der Waals surface area contributed by atoms with Gasteiger partial charge in [-0.05, 0) is 30.6 Å². The molecule has 0 amide bonds. The van der Waals surface area contributed by atoms with Crippen LogP contribution in [0.2, 0.25) is 0 Å².